The normalized spacial score (nSPS) is 23.4. The zero-order valence-electron chi connectivity index (χ0n) is 14.6. The van der Waals surface area contributed by atoms with Gasteiger partial charge in [-0.15, -0.1) is 5.10 Å². The molecule has 2 aliphatic rings. The van der Waals surface area contributed by atoms with Crippen molar-refractivity contribution in [2.24, 2.45) is 0 Å². The van der Waals surface area contributed by atoms with E-state index in [1.54, 1.807) is 6.20 Å². The first-order chi connectivity index (χ1) is 11.6. The fourth-order valence-electron chi connectivity index (χ4n) is 3.32. The summed E-state index contributed by atoms with van der Waals surface area (Å²) in [6.45, 7) is 9.72. The zero-order valence-corrected chi connectivity index (χ0v) is 14.6. The molecule has 0 N–H and O–H groups in total. The standard InChI is InChI=1S/C17H27N5O2/c1-14(2)22-11-12-24-15(13-22)17(23)21-8-4-7-20(9-10-21)16-5-3-6-18-19-16/h3,5-6,14-15H,4,7-13H2,1-2H3. The lowest BCUT2D eigenvalue weighted by Gasteiger charge is -2.36. The molecule has 0 spiro atoms. The highest BCUT2D eigenvalue weighted by Gasteiger charge is 2.32. The fraction of sp³-hybridized carbons (Fsp3) is 0.706. The zero-order chi connectivity index (χ0) is 16.9. The van der Waals surface area contributed by atoms with Crippen molar-refractivity contribution >= 4 is 11.7 Å². The van der Waals surface area contributed by atoms with Crippen LogP contribution in [0.1, 0.15) is 20.3 Å². The molecule has 3 rings (SSSR count). The first-order valence-corrected chi connectivity index (χ1v) is 8.82. The maximum atomic E-state index is 12.8. The van der Waals surface area contributed by atoms with Crippen molar-refractivity contribution in [3.63, 3.8) is 0 Å². The molecular weight excluding hydrogens is 306 g/mol. The van der Waals surface area contributed by atoms with Crippen molar-refractivity contribution in [3.05, 3.63) is 18.3 Å². The van der Waals surface area contributed by atoms with Crippen molar-refractivity contribution in [3.8, 4) is 0 Å². The maximum absolute atomic E-state index is 12.8. The Morgan fingerprint density at radius 2 is 2.12 bits per heavy atom. The number of carbonyl (C=O) groups excluding carboxylic acids is 1. The van der Waals surface area contributed by atoms with Gasteiger partial charge in [-0.05, 0) is 32.4 Å². The Labute approximate surface area is 143 Å². The molecule has 1 aromatic rings. The monoisotopic (exact) mass is 333 g/mol. The van der Waals surface area contributed by atoms with Gasteiger partial charge < -0.3 is 14.5 Å². The number of hydrogen-bond acceptors (Lipinski definition) is 6. The number of rotatable bonds is 3. The molecule has 0 radical (unpaired) electrons. The maximum Gasteiger partial charge on any atom is 0.253 e. The highest BCUT2D eigenvalue weighted by Crippen LogP contribution is 2.15. The number of nitrogens with zero attached hydrogens (tertiary/aromatic N) is 5. The van der Waals surface area contributed by atoms with Crippen LogP contribution >= 0.6 is 0 Å². The summed E-state index contributed by atoms with van der Waals surface area (Å²) < 4.78 is 5.76. The van der Waals surface area contributed by atoms with Crippen LogP contribution in [0.3, 0.4) is 0 Å². The van der Waals surface area contributed by atoms with Crippen LogP contribution in [0.4, 0.5) is 5.82 Å². The van der Waals surface area contributed by atoms with Crippen LogP contribution in [0.2, 0.25) is 0 Å². The Bertz CT molecular complexity index is 539. The Balaban J connectivity index is 1.58. The molecule has 2 fully saturated rings. The summed E-state index contributed by atoms with van der Waals surface area (Å²) in [6.07, 6.45) is 2.28. The van der Waals surface area contributed by atoms with Crippen LogP contribution in [0.15, 0.2) is 18.3 Å². The van der Waals surface area contributed by atoms with Crippen LogP contribution in [0.5, 0.6) is 0 Å². The van der Waals surface area contributed by atoms with Gasteiger partial charge in [0.15, 0.2) is 5.82 Å². The van der Waals surface area contributed by atoms with E-state index >= 15 is 0 Å². The van der Waals surface area contributed by atoms with Crippen molar-refractivity contribution in [1.29, 1.82) is 0 Å². The van der Waals surface area contributed by atoms with Crippen molar-refractivity contribution < 1.29 is 9.53 Å². The second-order valence-corrected chi connectivity index (χ2v) is 6.70. The van der Waals surface area contributed by atoms with Crippen LogP contribution in [0, 0.1) is 0 Å². The molecule has 24 heavy (non-hydrogen) atoms. The lowest BCUT2D eigenvalue weighted by Crippen LogP contribution is -2.53. The topological polar surface area (TPSA) is 61.8 Å². The molecule has 0 bridgehead atoms. The molecule has 2 saturated heterocycles. The van der Waals surface area contributed by atoms with Gasteiger partial charge >= 0.3 is 0 Å². The SMILES string of the molecule is CC(C)N1CCOC(C(=O)N2CCCN(c3cccnn3)CC2)C1. The number of amides is 1. The van der Waals surface area contributed by atoms with E-state index in [0.717, 1.165) is 38.4 Å². The third-order valence-corrected chi connectivity index (χ3v) is 4.79. The van der Waals surface area contributed by atoms with Crippen LogP contribution < -0.4 is 4.90 Å². The van der Waals surface area contributed by atoms with E-state index in [-0.39, 0.29) is 12.0 Å². The molecule has 7 nitrogen and oxygen atoms in total. The van der Waals surface area contributed by atoms with Gasteiger partial charge in [0, 0.05) is 51.5 Å². The Hall–Kier alpha value is -1.73. The number of ether oxygens (including phenoxy) is 1. The molecule has 132 valence electrons. The number of carbonyl (C=O) groups is 1. The first kappa shape index (κ1) is 17.1. The molecule has 0 saturated carbocycles. The fourth-order valence-corrected chi connectivity index (χ4v) is 3.32. The molecule has 3 heterocycles. The minimum Gasteiger partial charge on any atom is -0.366 e. The number of morpholine rings is 1. The molecular formula is C17H27N5O2. The number of hydrogen-bond donors (Lipinski definition) is 0. The minimum atomic E-state index is -0.329. The number of anilines is 1. The summed E-state index contributed by atoms with van der Waals surface area (Å²) in [5, 5.41) is 8.12. The van der Waals surface area contributed by atoms with E-state index in [2.05, 4.69) is 33.8 Å². The third kappa shape index (κ3) is 4.02. The lowest BCUT2D eigenvalue weighted by molar-refractivity contribution is -0.150. The van der Waals surface area contributed by atoms with Gasteiger partial charge in [-0.2, -0.15) is 5.10 Å². The summed E-state index contributed by atoms with van der Waals surface area (Å²) in [6, 6.07) is 4.31. The van der Waals surface area contributed by atoms with Crippen LogP contribution in [-0.2, 0) is 9.53 Å². The minimum absolute atomic E-state index is 0.126. The summed E-state index contributed by atoms with van der Waals surface area (Å²) in [5.74, 6) is 1.01. The molecule has 0 aliphatic carbocycles. The largest absolute Gasteiger partial charge is 0.366 e. The van der Waals surface area contributed by atoms with Crippen molar-refractivity contribution in [2.45, 2.75) is 32.4 Å². The molecule has 1 atom stereocenters. The van der Waals surface area contributed by atoms with E-state index in [1.807, 2.05) is 17.0 Å². The van der Waals surface area contributed by atoms with Gasteiger partial charge in [-0.25, -0.2) is 0 Å². The molecule has 2 aliphatic heterocycles. The quantitative estimate of drug-likeness (QED) is 0.808. The van der Waals surface area contributed by atoms with Gasteiger partial charge in [-0.1, -0.05) is 0 Å². The van der Waals surface area contributed by atoms with E-state index in [0.29, 0.717) is 25.7 Å². The van der Waals surface area contributed by atoms with Gasteiger partial charge in [0.2, 0.25) is 0 Å². The number of aromatic nitrogens is 2. The Morgan fingerprint density at radius 3 is 2.88 bits per heavy atom. The van der Waals surface area contributed by atoms with Crippen LogP contribution in [-0.4, -0.2) is 83.9 Å². The summed E-state index contributed by atoms with van der Waals surface area (Å²) in [5.41, 5.74) is 0. The molecule has 7 heteroatoms. The smallest absolute Gasteiger partial charge is 0.253 e. The van der Waals surface area contributed by atoms with Gasteiger partial charge in [0.25, 0.3) is 5.91 Å². The van der Waals surface area contributed by atoms with Gasteiger partial charge in [0.1, 0.15) is 6.10 Å². The molecule has 0 aromatic carbocycles. The van der Waals surface area contributed by atoms with E-state index in [1.165, 1.54) is 0 Å². The summed E-state index contributed by atoms with van der Waals surface area (Å²) >= 11 is 0. The second-order valence-electron chi connectivity index (χ2n) is 6.70. The molecule has 1 unspecified atom stereocenters. The molecule has 1 aromatic heterocycles. The highest BCUT2D eigenvalue weighted by molar-refractivity contribution is 5.81. The molecule has 1 amide bonds. The summed E-state index contributed by atoms with van der Waals surface area (Å²) in [4.78, 5) is 19.3. The Morgan fingerprint density at radius 1 is 1.25 bits per heavy atom. The van der Waals surface area contributed by atoms with E-state index < -0.39 is 0 Å². The first-order valence-electron chi connectivity index (χ1n) is 8.82. The highest BCUT2D eigenvalue weighted by atomic mass is 16.5. The van der Waals surface area contributed by atoms with E-state index in [9.17, 15) is 4.79 Å². The van der Waals surface area contributed by atoms with Crippen molar-refractivity contribution in [2.75, 3.05) is 50.8 Å². The Kier molecular flexibility index (Phi) is 5.63. The van der Waals surface area contributed by atoms with Crippen LogP contribution in [0.25, 0.3) is 0 Å². The van der Waals surface area contributed by atoms with Crippen molar-refractivity contribution in [1.82, 2.24) is 20.0 Å². The van der Waals surface area contributed by atoms with Gasteiger partial charge in [-0.3, -0.25) is 9.69 Å². The van der Waals surface area contributed by atoms with Gasteiger partial charge in [0.05, 0.1) is 6.61 Å². The second kappa shape index (κ2) is 7.90. The predicted molar refractivity (Wildman–Crippen MR) is 91.9 cm³/mol. The average Bonchev–Trinajstić information content (AvgIpc) is 2.88. The third-order valence-electron chi connectivity index (χ3n) is 4.79. The lowest BCUT2D eigenvalue weighted by atomic mass is 10.2. The van der Waals surface area contributed by atoms with E-state index in [4.69, 9.17) is 4.74 Å². The average molecular weight is 333 g/mol. The predicted octanol–water partition coefficient (Wildman–Crippen LogP) is 0.625. The summed E-state index contributed by atoms with van der Waals surface area (Å²) in [7, 11) is 0.